The van der Waals surface area contributed by atoms with Crippen LogP contribution in [0.5, 0.6) is 5.75 Å². The summed E-state index contributed by atoms with van der Waals surface area (Å²) in [5.41, 5.74) is 4.17. The van der Waals surface area contributed by atoms with Gasteiger partial charge in [0.05, 0.1) is 19.9 Å². The summed E-state index contributed by atoms with van der Waals surface area (Å²) in [6.45, 7) is 3.29. The largest absolute Gasteiger partial charge is 0.497 e. The number of hydrogen-bond donors (Lipinski definition) is 2. The van der Waals surface area contributed by atoms with Crippen LogP contribution in [0.4, 0.5) is 10.1 Å². The maximum atomic E-state index is 13.2. The van der Waals surface area contributed by atoms with Crippen molar-refractivity contribution in [3.05, 3.63) is 83.7 Å². The Balaban J connectivity index is 1.54. The third-order valence-corrected chi connectivity index (χ3v) is 5.63. The molecule has 2 N–H and O–H groups in total. The molecule has 0 aliphatic carbocycles. The Morgan fingerprint density at radius 3 is 2.71 bits per heavy atom. The number of ether oxygens (including phenoxy) is 1. The number of fused-ring (bicyclic) bond motifs is 1. The number of methoxy groups -OCH3 is 1. The molecule has 4 aromatic rings. The normalized spacial score (nSPS) is 10.9. The van der Waals surface area contributed by atoms with E-state index < -0.39 is 0 Å². The Morgan fingerprint density at radius 1 is 1.19 bits per heavy atom. The summed E-state index contributed by atoms with van der Waals surface area (Å²) >= 11 is 5.68. The number of aromatic nitrogens is 1. The average Bonchev–Trinajstić information content (AvgIpc) is 3.39. The highest BCUT2D eigenvalue weighted by atomic mass is 32.1. The standard InChI is InChI=1S/C24H24FN3O2S/c1-16-21(22-14-19(29-2)9-10-23(22)26-16)11-12-28(15-20-4-3-13-30-20)24(31)27-18-7-5-17(25)6-8-18/h3-10,13-14,26H,11-12,15H2,1-2H3,(H,27,31). The first-order valence-electron chi connectivity index (χ1n) is 10.0. The van der Waals surface area contributed by atoms with E-state index in [0.29, 0.717) is 18.2 Å². The Bertz CT molecular complexity index is 1170. The Labute approximate surface area is 185 Å². The van der Waals surface area contributed by atoms with Crippen LogP contribution in [-0.2, 0) is 13.0 Å². The molecular formula is C24H24FN3O2S. The van der Waals surface area contributed by atoms with Crippen molar-refractivity contribution in [1.82, 2.24) is 9.88 Å². The van der Waals surface area contributed by atoms with Gasteiger partial charge >= 0.3 is 0 Å². The third-order valence-electron chi connectivity index (χ3n) is 5.27. The summed E-state index contributed by atoms with van der Waals surface area (Å²) in [4.78, 5) is 5.50. The van der Waals surface area contributed by atoms with Crippen LogP contribution >= 0.6 is 12.2 Å². The fourth-order valence-corrected chi connectivity index (χ4v) is 3.91. The van der Waals surface area contributed by atoms with Crippen LogP contribution in [-0.4, -0.2) is 28.7 Å². The predicted octanol–water partition coefficient (Wildman–Crippen LogP) is 5.66. The minimum atomic E-state index is -0.283. The van der Waals surface area contributed by atoms with Crippen molar-refractivity contribution in [2.24, 2.45) is 0 Å². The quantitative estimate of drug-likeness (QED) is 0.366. The number of rotatable bonds is 7. The van der Waals surface area contributed by atoms with Gasteiger partial charge in [-0.2, -0.15) is 0 Å². The number of anilines is 1. The van der Waals surface area contributed by atoms with E-state index in [2.05, 4.69) is 28.2 Å². The van der Waals surface area contributed by atoms with Crippen LogP contribution in [0.15, 0.2) is 65.3 Å². The fraction of sp³-hybridized carbons (Fsp3) is 0.208. The second kappa shape index (κ2) is 9.22. The fourth-order valence-electron chi connectivity index (χ4n) is 3.64. The first-order chi connectivity index (χ1) is 15.0. The molecule has 160 valence electrons. The molecule has 0 aliphatic rings. The predicted molar refractivity (Wildman–Crippen MR) is 125 cm³/mol. The van der Waals surface area contributed by atoms with E-state index >= 15 is 0 Å². The Morgan fingerprint density at radius 2 is 2.00 bits per heavy atom. The van der Waals surface area contributed by atoms with Gasteiger partial charge in [0.25, 0.3) is 0 Å². The molecule has 2 aromatic carbocycles. The summed E-state index contributed by atoms with van der Waals surface area (Å²) in [6.07, 6.45) is 2.44. The molecule has 7 heteroatoms. The van der Waals surface area contributed by atoms with Gasteiger partial charge in [-0.05, 0) is 85.7 Å². The van der Waals surface area contributed by atoms with Gasteiger partial charge in [0, 0.05) is 28.8 Å². The summed E-state index contributed by atoms with van der Waals surface area (Å²) in [5, 5.41) is 4.90. The lowest BCUT2D eigenvalue weighted by Gasteiger charge is -2.25. The van der Waals surface area contributed by atoms with E-state index in [1.807, 2.05) is 24.3 Å². The van der Waals surface area contributed by atoms with Gasteiger partial charge < -0.3 is 24.4 Å². The zero-order chi connectivity index (χ0) is 21.8. The maximum Gasteiger partial charge on any atom is 0.173 e. The highest BCUT2D eigenvalue weighted by molar-refractivity contribution is 7.80. The van der Waals surface area contributed by atoms with Crippen LogP contribution in [0.2, 0.25) is 0 Å². The number of aryl methyl sites for hydroxylation is 1. The lowest BCUT2D eigenvalue weighted by molar-refractivity contribution is 0.368. The maximum absolute atomic E-state index is 13.2. The molecule has 0 fully saturated rings. The van der Waals surface area contributed by atoms with E-state index in [1.165, 1.54) is 17.7 Å². The number of halogens is 1. The zero-order valence-electron chi connectivity index (χ0n) is 17.4. The lowest BCUT2D eigenvalue weighted by atomic mass is 10.1. The molecule has 4 rings (SSSR count). The molecule has 0 spiro atoms. The molecule has 0 radical (unpaired) electrons. The van der Waals surface area contributed by atoms with Crippen LogP contribution in [0.3, 0.4) is 0 Å². The number of aromatic amines is 1. The van der Waals surface area contributed by atoms with E-state index in [4.69, 9.17) is 21.4 Å². The lowest BCUT2D eigenvalue weighted by Crippen LogP contribution is -2.35. The molecule has 0 unspecified atom stereocenters. The summed E-state index contributed by atoms with van der Waals surface area (Å²) < 4.78 is 24.2. The van der Waals surface area contributed by atoms with Crippen molar-refractivity contribution in [3.63, 3.8) is 0 Å². The minimum absolute atomic E-state index is 0.283. The van der Waals surface area contributed by atoms with Crippen molar-refractivity contribution in [3.8, 4) is 5.75 Å². The zero-order valence-corrected chi connectivity index (χ0v) is 18.3. The molecular weight excluding hydrogens is 413 g/mol. The van der Waals surface area contributed by atoms with Gasteiger partial charge in [-0.1, -0.05) is 0 Å². The van der Waals surface area contributed by atoms with Gasteiger partial charge in [0.1, 0.15) is 17.3 Å². The first-order valence-corrected chi connectivity index (χ1v) is 10.4. The van der Waals surface area contributed by atoms with Gasteiger partial charge in [-0.25, -0.2) is 4.39 Å². The monoisotopic (exact) mass is 437 g/mol. The van der Waals surface area contributed by atoms with Gasteiger partial charge in [0.2, 0.25) is 0 Å². The van der Waals surface area contributed by atoms with Gasteiger partial charge in [-0.3, -0.25) is 0 Å². The molecule has 0 aliphatic heterocycles. The molecule has 2 heterocycles. The van der Waals surface area contributed by atoms with Crippen LogP contribution < -0.4 is 10.1 Å². The van der Waals surface area contributed by atoms with Crippen LogP contribution in [0.1, 0.15) is 17.0 Å². The van der Waals surface area contributed by atoms with Crippen molar-refractivity contribution >= 4 is 33.9 Å². The number of thiocarbonyl (C=S) groups is 1. The number of furan rings is 1. The van der Waals surface area contributed by atoms with Crippen LogP contribution in [0, 0.1) is 12.7 Å². The number of nitrogens with zero attached hydrogens (tertiary/aromatic N) is 1. The number of nitrogens with one attached hydrogen (secondary N) is 2. The van der Waals surface area contributed by atoms with Crippen LogP contribution in [0.25, 0.3) is 10.9 Å². The van der Waals surface area contributed by atoms with Gasteiger partial charge in [0.15, 0.2) is 5.11 Å². The van der Waals surface area contributed by atoms with Crippen molar-refractivity contribution in [1.29, 1.82) is 0 Å². The molecule has 2 aromatic heterocycles. The molecule has 0 atom stereocenters. The van der Waals surface area contributed by atoms with E-state index in [-0.39, 0.29) is 5.82 Å². The second-order valence-corrected chi connectivity index (χ2v) is 7.71. The number of H-pyrrole nitrogens is 1. The second-order valence-electron chi connectivity index (χ2n) is 7.33. The molecule has 0 bridgehead atoms. The molecule has 0 amide bonds. The minimum Gasteiger partial charge on any atom is -0.497 e. The highest BCUT2D eigenvalue weighted by Crippen LogP contribution is 2.27. The topological polar surface area (TPSA) is 53.4 Å². The van der Waals surface area contributed by atoms with E-state index in [9.17, 15) is 4.39 Å². The molecule has 0 saturated carbocycles. The smallest absolute Gasteiger partial charge is 0.173 e. The van der Waals surface area contributed by atoms with E-state index in [0.717, 1.165) is 40.2 Å². The SMILES string of the molecule is COc1ccc2[nH]c(C)c(CCN(Cc3ccco3)C(=S)Nc3ccc(F)cc3)c2c1. The van der Waals surface area contributed by atoms with Crippen molar-refractivity contribution in [2.75, 3.05) is 19.0 Å². The highest BCUT2D eigenvalue weighted by Gasteiger charge is 2.16. The molecule has 31 heavy (non-hydrogen) atoms. The molecule has 5 nitrogen and oxygen atoms in total. The number of benzene rings is 2. The summed E-state index contributed by atoms with van der Waals surface area (Å²) in [5.74, 6) is 1.36. The summed E-state index contributed by atoms with van der Waals surface area (Å²) in [6, 6.07) is 16.0. The number of hydrogen-bond acceptors (Lipinski definition) is 3. The van der Waals surface area contributed by atoms with Crippen molar-refractivity contribution < 1.29 is 13.5 Å². The van der Waals surface area contributed by atoms with Gasteiger partial charge in [-0.15, -0.1) is 0 Å². The van der Waals surface area contributed by atoms with E-state index in [1.54, 1.807) is 25.5 Å². The third kappa shape index (κ3) is 4.88. The summed E-state index contributed by atoms with van der Waals surface area (Å²) in [7, 11) is 1.67. The average molecular weight is 438 g/mol. The van der Waals surface area contributed by atoms with Crippen molar-refractivity contribution in [2.45, 2.75) is 19.9 Å². The first kappa shape index (κ1) is 20.9. The molecule has 0 saturated heterocycles. The Kier molecular flexibility index (Phi) is 6.23. The Hall–Kier alpha value is -3.32.